The highest BCUT2D eigenvalue weighted by Gasteiger charge is 2.25. The van der Waals surface area contributed by atoms with Crippen molar-refractivity contribution < 1.29 is 23.9 Å². The first kappa shape index (κ1) is 19.6. The molecule has 2 heterocycles. The minimum atomic E-state index is -0.498. The van der Waals surface area contributed by atoms with Gasteiger partial charge in [-0.05, 0) is 35.7 Å². The van der Waals surface area contributed by atoms with Gasteiger partial charge in [-0.2, -0.15) is 0 Å². The van der Waals surface area contributed by atoms with Gasteiger partial charge in [-0.1, -0.05) is 6.07 Å². The fraction of sp³-hybridized carbons (Fsp3) is 0.263. The third-order valence-corrected chi connectivity index (χ3v) is 5.22. The first-order valence-corrected chi connectivity index (χ1v) is 9.49. The van der Waals surface area contributed by atoms with Gasteiger partial charge < -0.3 is 10.1 Å². The first-order valence-electron chi connectivity index (χ1n) is 8.61. The zero-order valence-corrected chi connectivity index (χ0v) is 16.0. The molecule has 8 nitrogen and oxygen atoms in total. The van der Waals surface area contributed by atoms with Gasteiger partial charge in [0.25, 0.3) is 5.91 Å². The molecule has 28 heavy (non-hydrogen) atoms. The number of nitrogens with zero attached hydrogens (tertiary/aromatic N) is 1. The standard InChI is InChI=1S/C19H19N3O5S/c1-27-18(25)11-14(15-3-2-10-28-15)20-19(26)12-4-6-13(7-5-12)22-17(24)9-8-16(23)21-22/h2-7,10,14H,8-9,11H2,1H3,(H,20,26)(H,21,23). The van der Waals surface area contributed by atoms with Crippen LogP contribution in [-0.2, 0) is 19.1 Å². The Balaban J connectivity index is 1.72. The second-order valence-electron chi connectivity index (χ2n) is 6.13. The van der Waals surface area contributed by atoms with Gasteiger partial charge in [0.1, 0.15) is 0 Å². The van der Waals surface area contributed by atoms with E-state index in [0.717, 1.165) is 4.88 Å². The molecule has 146 valence electrons. The molecule has 1 aromatic carbocycles. The maximum absolute atomic E-state index is 12.6. The van der Waals surface area contributed by atoms with Crippen LogP contribution in [0, 0.1) is 0 Å². The number of nitrogens with one attached hydrogen (secondary N) is 2. The van der Waals surface area contributed by atoms with Gasteiger partial charge in [0, 0.05) is 23.3 Å². The van der Waals surface area contributed by atoms with Crippen LogP contribution in [0.2, 0.25) is 0 Å². The molecule has 1 fully saturated rings. The third kappa shape index (κ3) is 4.55. The van der Waals surface area contributed by atoms with Crippen molar-refractivity contribution in [3.8, 4) is 0 Å². The van der Waals surface area contributed by atoms with Crippen molar-refractivity contribution in [3.05, 3.63) is 52.2 Å². The summed E-state index contributed by atoms with van der Waals surface area (Å²) >= 11 is 1.44. The van der Waals surface area contributed by atoms with Crippen LogP contribution in [0.4, 0.5) is 5.69 Å². The summed E-state index contributed by atoms with van der Waals surface area (Å²) < 4.78 is 4.71. The molecule has 0 aliphatic carbocycles. The fourth-order valence-corrected chi connectivity index (χ4v) is 3.53. The highest BCUT2D eigenvalue weighted by Crippen LogP contribution is 2.24. The molecule has 1 saturated heterocycles. The van der Waals surface area contributed by atoms with Crippen LogP contribution >= 0.6 is 11.3 Å². The molecular weight excluding hydrogens is 382 g/mol. The topological polar surface area (TPSA) is 105 Å². The monoisotopic (exact) mass is 401 g/mol. The lowest BCUT2D eigenvalue weighted by molar-refractivity contribution is -0.141. The Labute approximate surface area is 165 Å². The van der Waals surface area contributed by atoms with Gasteiger partial charge in [0.15, 0.2) is 0 Å². The number of methoxy groups -OCH3 is 1. The van der Waals surface area contributed by atoms with Crippen molar-refractivity contribution in [3.63, 3.8) is 0 Å². The Kier molecular flexibility index (Phi) is 6.05. The number of rotatable bonds is 6. The van der Waals surface area contributed by atoms with E-state index in [1.165, 1.54) is 23.5 Å². The number of carbonyl (C=O) groups excluding carboxylic acids is 4. The molecule has 3 rings (SSSR count). The number of amides is 3. The van der Waals surface area contributed by atoms with E-state index in [1.807, 2.05) is 17.5 Å². The third-order valence-electron chi connectivity index (χ3n) is 4.23. The normalized spacial score (nSPS) is 15.0. The zero-order valence-electron chi connectivity index (χ0n) is 15.1. The predicted octanol–water partition coefficient (Wildman–Crippen LogP) is 1.94. The Morgan fingerprint density at radius 3 is 2.61 bits per heavy atom. The minimum absolute atomic E-state index is 0.0230. The van der Waals surface area contributed by atoms with Crippen molar-refractivity contribution in [2.45, 2.75) is 25.3 Å². The van der Waals surface area contributed by atoms with E-state index in [9.17, 15) is 19.2 Å². The summed E-state index contributed by atoms with van der Waals surface area (Å²) in [5.41, 5.74) is 3.34. The highest BCUT2D eigenvalue weighted by molar-refractivity contribution is 7.10. The minimum Gasteiger partial charge on any atom is -0.469 e. The molecule has 1 unspecified atom stereocenters. The Hall–Kier alpha value is -3.20. The van der Waals surface area contributed by atoms with Crippen LogP contribution in [0.15, 0.2) is 41.8 Å². The van der Waals surface area contributed by atoms with Crippen LogP contribution in [-0.4, -0.2) is 30.8 Å². The molecule has 0 bridgehead atoms. The van der Waals surface area contributed by atoms with Crippen molar-refractivity contribution in [2.75, 3.05) is 12.1 Å². The average Bonchev–Trinajstić information content (AvgIpc) is 3.24. The molecule has 0 saturated carbocycles. The molecular formula is C19H19N3O5S. The Morgan fingerprint density at radius 1 is 1.21 bits per heavy atom. The molecule has 1 aliphatic rings. The largest absolute Gasteiger partial charge is 0.469 e. The fourth-order valence-electron chi connectivity index (χ4n) is 2.75. The summed E-state index contributed by atoms with van der Waals surface area (Å²) in [5, 5.41) is 5.88. The van der Waals surface area contributed by atoms with E-state index in [0.29, 0.717) is 11.3 Å². The molecule has 1 atom stereocenters. The summed E-state index contributed by atoms with van der Waals surface area (Å²) in [6.45, 7) is 0. The summed E-state index contributed by atoms with van der Waals surface area (Å²) in [7, 11) is 1.30. The second kappa shape index (κ2) is 8.66. The van der Waals surface area contributed by atoms with Crippen molar-refractivity contribution in [1.29, 1.82) is 0 Å². The zero-order chi connectivity index (χ0) is 20.1. The number of benzene rings is 1. The van der Waals surface area contributed by atoms with Crippen molar-refractivity contribution >= 4 is 40.7 Å². The van der Waals surface area contributed by atoms with E-state index in [-0.39, 0.29) is 37.0 Å². The molecule has 2 N–H and O–H groups in total. The number of hydrogen-bond donors (Lipinski definition) is 2. The lowest BCUT2D eigenvalue weighted by Gasteiger charge is -2.27. The first-order chi connectivity index (χ1) is 13.5. The van der Waals surface area contributed by atoms with E-state index in [4.69, 9.17) is 4.74 Å². The van der Waals surface area contributed by atoms with Gasteiger partial charge >= 0.3 is 5.97 Å². The highest BCUT2D eigenvalue weighted by atomic mass is 32.1. The summed E-state index contributed by atoms with van der Waals surface area (Å²) in [6, 6.07) is 9.46. The van der Waals surface area contributed by atoms with E-state index in [1.54, 1.807) is 24.3 Å². The van der Waals surface area contributed by atoms with Crippen LogP contribution in [0.3, 0.4) is 0 Å². The molecule has 0 spiro atoms. The van der Waals surface area contributed by atoms with E-state index in [2.05, 4.69) is 10.7 Å². The van der Waals surface area contributed by atoms with Crippen LogP contribution in [0.25, 0.3) is 0 Å². The maximum Gasteiger partial charge on any atom is 0.307 e. The lowest BCUT2D eigenvalue weighted by atomic mass is 10.1. The smallest absolute Gasteiger partial charge is 0.307 e. The number of carbonyl (C=O) groups is 4. The number of esters is 1. The number of ether oxygens (including phenoxy) is 1. The number of hydrazine groups is 1. The SMILES string of the molecule is COC(=O)CC(NC(=O)c1ccc(N2NC(=O)CCC2=O)cc1)c1cccs1. The Morgan fingerprint density at radius 2 is 1.96 bits per heavy atom. The van der Waals surface area contributed by atoms with Gasteiger partial charge in [-0.15, -0.1) is 11.3 Å². The number of hydrogen-bond acceptors (Lipinski definition) is 6. The van der Waals surface area contributed by atoms with E-state index >= 15 is 0 Å². The predicted molar refractivity (Wildman–Crippen MR) is 102 cm³/mol. The summed E-state index contributed by atoms with van der Waals surface area (Å²) in [5.74, 6) is -1.23. The molecule has 3 amide bonds. The maximum atomic E-state index is 12.6. The van der Waals surface area contributed by atoms with Crippen molar-refractivity contribution in [2.24, 2.45) is 0 Å². The number of anilines is 1. The van der Waals surface area contributed by atoms with Crippen LogP contribution < -0.4 is 15.8 Å². The van der Waals surface area contributed by atoms with Gasteiger partial charge in [0.2, 0.25) is 11.8 Å². The molecule has 2 aromatic rings. The summed E-state index contributed by atoms with van der Waals surface area (Å²) in [6.07, 6.45) is 0.333. The number of thiophene rings is 1. The summed E-state index contributed by atoms with van der Waals surface area (Å²) in [4.78, 5) is 48.6. The molecule has 1 aliphatic heterocycles. The molecule has 0 radical (unpaired) electrons. The van der Waals surface area contributed by atoms with E-state index < -0.39 is 12.0 Å². The quantitative estimate of drug-likeness (QED) is 0.720. The van der Waals surface area contributed by atoms with Crippen molar-refractivity contribution in [1.82, 2.24) is 10.7 Å². The lowest BCUT2D eigenvalue weighted by Crippen LogP contribution is -2.50. The van der Waals surface area contributed by atoms with Crippen LogP contribution in [0.1, 0.15) is 40.5 Å². The Bertz CT molecular complexity index is 879. The van der Waals surface area contributed by atoms with Crippen LogP contribution in [0.5, 0.6) is 0 Å². The molecule has 9 heteroatoms. The molecule has 1 aromatic heterocycles. The average molecular weight is 401 g/mol. The second-order valence-corrected chi connectivity index (χ2v) is 7.11. The van der Waals surface area contributed by atoms with Gasteiger partial charge in [-0.25, -0.2) is 5.01 Å². The van der Waals surface area contributed by atoms with Gasteiger partial charge in [-0.3, -0.25) is 24.6 Å². The van der Waals surface area contributed by atoms with Gasteiger partial charge in [0.05, 0.1) is 25.3 Å².